The van der Waals surface area contributed by atoms with Gasteiger partial charge in [0.15, 0.2) is 24.6 Å². The van der Waals surface area contributed by atoms with Gasteiger partial charge in [0.1, 0.15) is 18.8 Å². The lowest BCUT2D eigenvalue weighted by molar-refractivity contribution is -0.301. The zero-order chi connectivity index (χ0) is 54.7. The van der Waals surface area contributed by atoms with Crippen molar-refractivity contribution in [2.75, 3.05) is 13.2 Å². The summed E-state index contributed by atoms with van der Waals surface area (Å²) in [7, 11) is 0. The van der Waals surface area contributed by atoms with Crippen molar-refractivity contribution in [3.8, 4) is 0 Å². The fraction of sp³-hybridized carbons (Fsp3) is 0.937. The van der Waals surface area contributed by atoms with E-state index in [1.165, 1.54) is 212 Å². The number of carbonyl (C=O) groups excluding carboxylic acids is 3. The first kappa shape index (κ1) is 70.7. The first-order valence-electron chi connectivity index (χ1n) is 32.0. The summed E-state index contributed by atoms with van der Waals surface area (Å²) in [6.07, 6.45) is 44.9. The molecule has 12 nitrogen and oxygen atoms in total. The van der Waals surface area contributed by atoms with Crippen LogP contribution in [0.25, 0.3) is 0 Å². The Bertz CT molecular complexity index is 1310. The van der Waals surface area contributed by atoms with Crippen molar-refractivity contribution < 1.29 is 58.2 Å². The fourth-order valence-electron chi connectivity index (χ4n) is 10.3. The molecule has 6 unspecified atom stereocenters. The molecule has 3 N–H and O–H groups in total. The van der Waals surface area contributed by atoms with E-state index in [1.54, 1.807) is 0 Å². The van der Waals surface area contributed by atoms with Gasteiger partial charge in [-0.15, -0.1) is 0 Å². The quantitative estimate of drug-likeness (QED) is 0.0299. The van der Waals surface area contributed by atoms with E-state index in [0.717, 1.165) is 57.8 Å². The van der Waals surface area contributed by atoms with Crippen molar-refractivity contribution in [1.82, 2.24) is 0 Å². The van der Waals surface area contributed by atoms with E-state index in [4.69, 9.17) is 23.7 Å². The van der Waals surface area contributed by atoms with Crippen molar-refractivity contribution in [2.45, 2.75) is 366 Å². The zero-order valence-electron chi connectivity index (χ0n) is 48.8. The van der Waals surface area contributed by atoms with Crippen LogP contribution in [0.3, 0.4) is 0 Å². The number of rotatable bonds is 56. The van der Waals surface area contributed by atoms with Gasteiger partial charge in [-0.2, -0.15) is 0 Å². The predicted octanol–water partition coefficient (Wildman–Crippen LogP) is 16.7. The molecular formula is C63H118O12. The molecule has 0 aromatic rings. The third-order valence-corrected chi connectivity index (χ3v) is 15.2. The molecule has 1 aliphatic rings. The van der Waals surface area contributed by atoms with Crippen LogP contribution in [0, 0.1) is 0 Å². The van der Waals surface area contributed by atoms with Crippen molar-refractivity contribution in [3.05, 3.63) is 0 Å². The minimum absolute atomic E-state index is 0.0709. The number of hydrogen-bond donors (Lipinski definition) is 3. The van der Waals surface area contributed by atoms with Crippen LogP contribution in [0.15, 0.2) is 0 Å². The maximum atomic E-state index is 13.2. The van der Waals surface area contributed by atoms with E-state index < -0.39 is 67.3 Å². The molecule has 0 aliphatic carbocycles. The largest absolute Gasteiger partial charge is 0.479 e. The summed E-state index contributed by atoms with van der Waals surface area (Å²) < 4.78 is 28.5. The molecule has 0 saturated carbocycles. The number of unbranched alkanes of at least 4 members (excludes halogenated alkanes) is 42. The normalized spacial score (nSPS) is 18.0. The maximum absolute atomic E-state index is 13.2. The smallest absolute Gasteiger partial charge is 0.335 e. The molecule has 0 amide bonds. The molecule has 1 fully saturated rings. The Labute approximate surface area is 459 Å². The van der Waals surface area contributed by atoms with Gasteiger partial charge < -0.3 is 39.0 Å². The SMILES string of the molecule is CCCCCCCCCCCCCCCCCCCC(=O)OCC(COC1OC(C(=O)O)C(O)C(O)C1OC(=O)CCCCCCCCCCCCCCCCC)OC(=O)CCCCCCCCCCCCCCC. The number of aliphatic carboxylic acids is 1. The molecule has 6 atom stereocenters. The summed E-state index contributed by atoms with van der Waals surface area (Å²) in [5, 5.41) is 31.5. The van der Waals surface area contributed by atoms with Gasteiger partial charge in [-0.25, -0.2) is 4.79 Å². The minimum atomic E-state index is -1.89. The molecule has 0 aromatic carbocycles. The Kier molecular flexibility index (Phi) is 49.4. The Morgan fingerprint density at radius 3 is 1.00 bits per heavy atom. The molecule has 1 saturated heterocycles. The Morgan fingerprint density at radius 2 is 0.680 bits per heavy atom. The van der Waals surface area contributed by atoms with Gasteiger partial charge in [0.05, 0.1) is 6.61 Å². The number of aliphatic hydroxyl groups excluding tert-OH is 2. The lowest BCUT2D eigenvalue weighted by atomic mass is 9.98. The predicted molar refractivity (Wildman–Crippen MR) is 304 cm³/mol. The number of ether oxygens (including phenoxy) is 5. The molecular weight excluding hydrogens is 949 g/mol. The second kappa shape index (κ2) is 52.4. The molecule has 1 rings (SSSR count). The second-order valence-corrected chi connectivity index (χ2v) is 22.4. The van der Waals surface area contributed by atoms with Gasteiger partial charge in [0.25, 0.3) is 0 Å². The summed E-state index contributed by atoms with van der Waals surface area (Å²) in [5.74, 6) is -3.06. The summed E-state index contributed by atoms with van der Waals surface area (Å²) in [4.78, 5) is 51.2. The summed E-state index contributed by atoms with van der Waals surface area (Å²) in [6, 6.07) is 0. The number of carboxylic acids is 1. The molecule has 1 heterocycles. The molecule has 12 heteroatoms. The van der Waals surface area contributed by atoms with E-state index in [2.05, 4.69) is 20.8 Å². The fourth-order valence-corrected chi connectivity index (χ4v) is 10.3. The Hall–Kier alpha value is -2.28. The number of aliphatic hydroxyl groups is 2. The lowest BCUT2D eigenvalue weighted by Crippen LogP contribution is -2.61. The van der Waals surface area contributed by atoms with Crippen LogP contribution in [0.2, 0.25) is 0 Å². The minimum Gasteiger partial charge on any atom is -0.479 e. The third-order valence-electron chi connectivity index (χ3n) is 15.2. The molecule has 75 heavy (non-hydrogen) atoms. The van der Waals surface area contributed by atoms with E-state index in [1.807, 2.05) is 0 Å². The van der Waals surface area contributed by atoms with E-state index in [-0.39, 0.29) is 25.9 Å². The van der Waals surface area contributed by atoms with Crippen LogP contribution in [-0.2, 0) is 42.9 Å². The molecule has 0 radical (unpaired) electrons. The highest BCUT2D eigenvalue weighted by Crippen LogP contribution is 2.27. The van der Waals surface area contributed by atoms with Crippen molar-refractivity contribution in [2.24, 2.45) is 0 Å². The van der Waals surface area contributed by atoms with Gasteiger partial charge >= 0.3 is 23.9 Å². The summed E-state index contributed by atoms with van der Waals surface area (Å²) >= 11 is 0. The second-order valence-electron chi connectivity index (χ2n) is 22.4. The molecule has 442 valence electrons. The van der Waals surface area contributed by atoms with Crippen LogP contribution in [0.4, 0.5) is 0 Å². The van der Waals surface area contributed by atoms with E-state index >= 15 is 0 Å². The summed E-state index contributed by atoms with van der Waals surface area (Å²) in [5.41, 5.74) is 0. The average molecular weight is 1070 g/mol. The monoisotopic (exact) mass is 1070 g/mol. The third kappa shape index (κ3) is 42.4. The number of esters is 3. The van der Waals surface area contributed by atoms with Gasteiger partial charge in [-0.05, 0) is 19.3 Å². The van der Waals surface area contributed by atoms with Gasteiger partial charge in [-0.3, -0.25) is 14.4 Å². The number of carboxylic acid groups (broad SMARTS) is 1. The van der Waals surface area contributed by atoms with Gasteiger partial charge in [-0.1, -0.05) is 290 Å². The van der Waals surface area contributed by atoms with Crippen LogP contribution in [0.1, 0.15) is 329 Å². The maximum Gasteiger partial charge on any atom is 0.335 e. The van der Waals surface area contributed by atoms with Crippen LogP contribution < -0.4 is 0 Å². The molecule has 1 aliphatic heterocycles. The molecule has 0 aromatic heterocycles. The topological polar surface area (TPSA) is 175 Å². The van der Waals surface area contributed by atoms with Crippen molar-refractivity contribution >= 4 is 23.9 Å². The van der Waals surface area contributed by atoms with Crippen molar-refractivity contribution in [1.29, 1.82) is 0 Å². The van der Waals surface area contributed by atoms with Gasteiger partial charge in [0.2, 0.25) is 0 Å². The highest BCUT2D eigenvalue weighted by Gasteiger charge is 2.50. The van der Waals surface area contributed by atoms with Crippen LogP contribution in [-0.4, -0.2) is 89.2 Å². The lowest BCUT2D eigenvalue weighted by Gasteiger charge is -2.40. The zero-order valence-corrected chi connectivity index (χ0v) is 48.8. The average Bonchev–Trinajstić information content (AvgIpc) is 3.39. The Balaban J connectivity index is 2.63. The molecule has 0 spiro atoms. The number of carbonyl (C=O) groups is 4. The highest BCUT2D eigenvalue weighted by molar-refractivity contribution is 5.74. The molecule has 0 bridgehead atoms. The highest BCUT2D eigenvalue weighted by atomic mass is 16.7. The Morgan fingerprint density at radius 1 is 0.387 bits per heavy atom. The van der Waals surface area contributed by atoms with Crippen LogP contribution in [0.5, 0.6) is 0 Å². The first-order valence-corrected chi connectivity index (χ1v) is 32.0. The summed E-state index contributed by atoms with van der Waals surface area (Å²) in [6.45, 7) is 6.05. The van der Waals surface area contributed by atoms with Crippen molar-refractivity contribution in [3.63, 3.8) is 0 Å². The van der Waals surface area contributed by atoms with E-state index in [9.17, 15) is 34.5 Å². The standard InChI is InChI=1S/C63H118O12/c1-4-7-10-13-16-19-22-25-27-28-30-32-34-37-40-43-46-49-55(64)71-52-54(73-56(65)50-47-44-41-38-35-31-24-21-18-15-12-9-6-3)53-72-63-61(59(68)58(67)60(75-63)62(69)70)74-57(66)51-48-45-42-39-36-33-29-26-23-20-17-14-11-8-5-2/h54,58-61,63,67-68H,4-53H2,1-3H3,(H,69,70). The van der Waals surface area contributed by atoms with Crippen LogP contribution >= 0.6 is 0 Å². The first-order chi connectivity index (χ1) is 36.6. The van der Waals surface area contributed by atoms with Gasteiger partial charge in [0, 0.05) is 19.3 Å². The van der Waals surface area contributed by atoms with E-state index in [0.29, 0.717) is 19.3 Å². The number of hydrogen-bond acceptors (Lipinski definition) is 11.